The van der Waals surface area contributed by atoms with Gasteiger partial charge in [0, 0.05) is 11.1 Å². The van der Waals surface area contributed by atoms with Crippen LogP contribution in [0, 0.1) is 6.92 Å². The molecule has 0 saturated heterocycles. The fourth-order valence-electron chi connectivity index (χ4n) is 3.96. The Morgan fingerprint density at radius 3 is 2.72 bits per heavy atom. The third-order valence-corrected chi connectivity index (χ3v) is 5.96. The SMILES string of the molecule is Cc1c(COc2ccc3c(c2)C(C)C(=O)N3)cccc1OCc1ccc2ccccc2n1. The summed E-state index contributed by atoms with van der Waals surface area (Å²) >= 11 is 0. The van der Waals surface area contributed by atoms with E-state index in [4.69, 9.17) is 9.47 Å². The van der Waals surface area contributed by atoms with Gasteiger partial charge in [-0.2, -0.15) is 0 Å². The van der Waals surface area contributed by atoms with Crippen molar-refractivity contribution in [3.8, 4) is 11.5 Å². The number of hydrogen-bond acceptors (Lipinski definition) is 4. The highest BCUT2D eigenvalue weighted by molar-refractivity contribution is 6.02. The van der Waals surface area contributed by atoms with Crippen molar-refractivity contribution in [2.45, 2.75) is 33.0 Å². The molecule has 5 rings (SSSR count). The first-order valence-corrected chi connectivity index (χ1v) is 10.7. The van der Waals surface area contributed by atoms with Gasteiger partial charge in [0.15, 0.2) is 0 Å². The Labute approximate surface area is 187 Å². The molecule has 3 aromatic carbocycles. The zero-order valence-electron chi connectivity index (χ0n) is 18.1. The number of rotatable bonds is 6. The van der Waals surface area contributed by atoms with E-state index in [1.165, 1.54) is 0 Å². The summed E-state index contributed by atoms with van der Waals surface area (Å²) in [6, 6.07) is 23.8. The summed E-state index contributed by atoms with van der Waals surface area (Å²) in [5.41, 5.74) is 5.79. The van der Waals surface area contributed by atoms with E-state index in [1.807, 2.05) is 74.5 Å². The molecule has 1 N–H and O–H groups in total. The lowest BCUT2D eigenvalue weighted by Crippen LogP contribution is -2.08. The maximum atomic E-state index is 11.9. The number of hydrogen-bond donors (Lipinski definition) is 1. The van der Waals surface area contributed by atoms with Crippen molar-refractivity contribution in [2.75, 3.05) is 5.32 Å². The van der Waals surface area contributed by atoms with Crippen LogP contribution in [0.25, 0.3) is 10.9 Å². The summed E-state index contributed by atoms with van der Waals surface area (Å²) in [7, 11) is 0. The number of benzene rings is 3. The molecule has 0 spiro atoms. The first-order valence-electron chi connectivity index (χ1n) is 10.7. The second-order valence-electron chi connectivity index (χ2n) is 8.07. The highest BCUT2D eigenvalue weighted by Gasteiger charge is 2.26. The normalized spacial score (nSPS) is 14.8. The Bertz CT molecular complexity index is 1320. The molecule has 1 unspecified atom stereocenters. The summed E-state index contributed by atoms with van der Waals surface area (Å²) in [5.74, 6) is 1.44. The van der Waals surface area contributed by atoms with Crippen LogP contribution in [0.15, 0.2) is 72.8 Å². The van der Waals surface area contributed by atoms with Crippen LogP contribution in [-0.2, 0) is 18.0 Å². The summed E-state index contributed by atoms with van der Waals surface area (Å²) in [5, 5.41) is 4.00. The molecule has 1 aliphatic heterocycles. The number of anilines is 1. The van der Waals surface area contributed by atoms with Gasteiger partial charge < -0.3 is 14.8 Å². The van der Waals surface area contributed by atoms with Crippen LogP contribution in [0.3, 0.4) is 0 Å². The molecule has 1 amide bonds. The Morgan fingerprint density at radius 2 is 1.81 bits per heavy atom. The summed E-state index contributed by atoms with van der Waals surface area (Å²) in [6.45, 7) is 4.76. The van der Waals surface area contributed by atoms with Crippen LogP contribution in [-0.4, -0.2) is 10.9 Å². The van der Waals surface area contributed by atoms with E-state index in [0.29, 0.717) is 13.2 Å². The minimum Gasteiger partial charge on any atom is -0.489 e. The third-order valence-electron chi connectivity index (χ3n) is 5.96. The van der Waals surface area contributed by atoms with Crippen LogP contribution in [0.2, 0.25) is 0 Å². The van der Waals surface area contributed by atoms with Crippen molar-refractivity contribution in [3.05, 3.63) is 95.2 Å². The molecule has 0 saturated carbocycles. The molecule has 5 nitrogen and oxygen atoms in total. The molecule has 0 aliphatic carbocycles. The molecule has 0 radical (unpaired) electrons. The maximum Gasteiger partial charge on any atom is 0.231 e. The summed E-state index contributed by atoms with van der Waals surface area (Å²) in [6.07, 6.45) is 0. The van der Waals surface area contributed by atoms with Crippen molar-refractivity contribution >= 4 is 22.5 Å². The molecule has 1 aromatic heterocycles. The second-order valence-corrected chi connectivity index (χ2v) is 8.07. The number of carbonyl (C=O) groups excluding carboxylic acids is 1. The van der Waals surface area contributed by atoms with Crippen molar-refractivity contribution in [1.82, 2.24) is 4.98 Å². The van der Waals surface area contributed by atoms with Crippen LogP contribution in [0.1, 0.15) is 35.2 Å². The van der Waals surface area contributed by atoms with E-state index in [2.05, 4.69) is 22.4 Å². The Kier molecular flexibility index (Phi) is 5.23. The van der Waals surface area contributed by atoms with Gasteiger partial charge in [0.25, 0.3) is 0 Å². The maximum absolute atomic E-state index is 11.9. The molecule has 1 aliphatic rings. The average molecular weight is 425 g/mol. The molecule has 5 heteroatoms. The van der Waals surface area contributed by atoms with E-state index in [0.717, 1.165) is 50.5 Å². The van der Waals surface area contributed by atoms with E-state index in [1.54, 1.807) is 0 Å². The zero-order chi connectivity index (χ0) is 22.1. The smallest absolute Gasteiger partial charge is 0.231 e. The number of para-hydroxylation sites is 1. The van der Waals surface area contributed by atoms with Crippen LogP contribution in [0.5, 0.6) is 11.5 Å². The van der Waals surface area contributed by atoms with Gasteiger partial charge in [-0.05, 0) is 66.9 Å². The largest absolute Gasteiger partial charge is 0.489 e. The Hall–Kier alpha value is -3.86. The molecule has 2 heterocycles. The lowest BCUT2D eigenvalue weighted by atomic mass is 10.0. The Morgan fingerprint density at radius 1 is 0.938 bits per heavy atom. The standard InChI is InChI=1S/C27H24N2O3/c1-17-20(15-31-22-12-13-25-23(14-22)18(2)27(30)29-25)7-5-9-26(17)32-16-21-11-10-19-6-3-4-8-24(19)28-21/h3-14,18H,15-16H2,1-2H3,(H,29,30). The van der Waals surface area contributed by atoms with E-state index < -0.39 is 0 Å². The summed E-state index contributed by atoms with van der Waals surface area (Å²) < 4.78 is 12.1. The van der Waals surface area contributed by atoms with Gasteiger partial charge in [0.2, 0.25) is 5.91 Å². The third kappa shape index (κ3) is 3.89. The number of fused-ring (bicyclic) bond motifs is 2. The predicted octanol–water partition coefficient (Wildman–Crippen LogP) is 5.76. The molecule has 32 heavy (non-hydrogen) atoms. The highest BCUT2D eigenvalue weighted by atomic mass is 16.5. The van der Waals surface area contributed by atoms with Gasteiger partial charge in [-0.3, -0.25) is 4.79 Å². The van der Waals surface area contributed by atoms with Gasteiger partial charge in [-0.1, -0.05) is 36.4 Å². The number of amides is 1. The molecule has 4 aromatic rings. The van der Waals surface area contributed by atoms with Crippen molar-refractivity contribution in [3.63, 3.8) is 0 Å². The van der Waals surface area contributed by atoms with Crippen molar-refractivity contribution < 1.29 is 14.3 Å². The molecule has 1 atom stereocenters. The minimum atomic E-state index is -0.157. The number of aromatic nitrogens is 1. The molecular formula is C27H24N2O3. The summed E-state index contributed by atoms with van der Waals surface area (Å²) in [4.78, 5) is 16.5. The van der Waals surface area contributed by atoms with Gasteiger partial charge in [0.1, 0.15) is 24.7 Å². The quantitative estimate of drug-likeness (QED) is 0.428. The fraction of sp³-hybridized carbons (Fsp3) is 0.185. The number of carbonyl (C=O) groups is 1. The monoisotopic (exact) mass is 424 g/mol. The Balaban J connectivity index is 1.27. The fourth-order valence-corrected chi connectivity index (χ4v) is 3.96. The van der Waals surface area contributed by atoms with Crippen molar-refractivity contribution in [2.24, 2.45) is 0 Å². The topological polar surface area (TPSA) is 60.5 Å². The van der Waals surface area contributed by atoms with Gasteiger partial charge in [-0.25, -0.2) is 4.98 Å². The number of ether oxygens (including phenoxy) is 2. The molecule has 0 bridgehead atoms. The molecular weight excluding hydrogens is 400 g/mol. The van der Waals surface area contributed by atoms with E-state index in [9.17, 15) is 4.79 Å². The van der Waals surface area contributed by atoms with Gasteiger partial charge in [-0.15, -0.1) is 0 Å². The predicted molar refractivity (Wildman–Crippen MR) is 125 cm³/mol. The number of nitrogens with zero attached hydrogens (tertiary/aromatic N) is 1. The molecule has 160 valence electrons. The zero-order valence-corrected chi connectivity index (χ0v) is 18.1. The van der Waals surface area contributed by atoms with Gasteiger partial charge in [0.05, 0.1) is 17.1 Å². The lowest BCUT2D eigenvalue weighted by molar-refractivity contribution is -0.116. The second kappa shape index (κ2) is 8.35. The lowest BCUT2D eigenvalue weighted by Gasteiger charge is -2.14. The van der Waals surface area contributed by atoms with Crippen LogP contribution < -0.4 is 14.8 Å². The minimum absolute atomic E-state index is 0.0266. The van der Waals surface area contributed by atoms with Crippen LogP contribution in [0.4, 0.5) is 5.69 Å². The van der Waals surface area contributed by atoms with Crippen LogP contribution >= 0.6 is 0 Å². The van der Waals surface area contributed by atoms with E-state index in [-0.39, 0.29) is 11.8 Å². The average Bonchev–Trinajstić information content (AvgIpc) is 3.10. The first kappa shape index (κ1) is 20.1. The highest BCUT2D eigenvalue weighted by Crippen LogP contribution is 2.35. The molecule has 0 fully saturated rings. The first-order chi connectivity index (χ1) is 15.6. The van der Waals surface area contributed by atoms with E-state index >= 15 is 0 Å². The number of pyridine rings is 1. The number of nitrogens with one attached hydrogen (secondary N) is 1. The van der Waals surface area contributed by atoms with Crippen molar-refractivity contribution in [1.29, 1.82) is 0 Å². The van der Waals surface area contributed by atoms with Gasteiger partial charge >= 0.3 is 0 Å².